The van der Waals surface area contributed by atoms with Gasteiger partial charge in [0.1, 0.15) is 5.75 Å². The molecule has 0 aliphatic heterocycles. The predicted octanol–water partition coefficient (Wildman–Crippen LogP) is 3.10. The van der Waals surface area contributed by atoms with Crippen LogP contribution in [0, 0.1) is 6.92 Å². The molecule has 0 saturated heterocycles. The van der Waals surface area contributed by atoms with Crippen molar-refractivity contribution in [1.82, 2.24) is 0 Å². The molecule has 4 nitrogen and oxygen atoms in total. The van der Waals surface area contributed by atoms with E-state index in [0.717, 1.165) is 11.1 Å². The minimum Gasteiger partial charge on any atom is -0.426 e. The summed E-state index contributed by atoms with van der Waals surface area (Å²) in [6, 6.07) is 14.4. The number of amides is 1. The van der Waals surface area contributed by atoms with Crippen molar-refractivity contribution in [3.05, 3.63) is 59.7 Å². The maximum absolute atomic E-state index is 11.8. The number of carbonyl (C=O) groups is 2. The van der Waals surface area contributed by atoms with Crippen molar-refractivity contribution in [2.24, 2.45) is 0 Å². The number of benzene rings is 2. The minimum atomic E-state index is -0.314. The Hall–Kier alpha value is -2.62. The van der Waals surface area contributed by atoms with Crippen molar-refractivity contribution in [2.75, 3.05) is 5.32 Å². The number of esters is 1. The van der Waals surface area contributed by atoms with Crippen LogP contribution in [0.1, 0.15) is 18.1 Å². The van der Waals surface area contributed by atoms with Crippen LogP contribution in [0.2, 0.25) is 0 Å². The van der Waals surface area contributed by atoms with Gasteiger partial charge in [-0.05, 0) is 36.8 Å². The van der Waals surface area contributed by atoms with E-state index in [0.29, 0.717) is 11.4 Å². The normalized spacial score (nSPS) is 10.0. The molecule has 108 valence electrons. The summed E-state index contributed by atoms with van der Waals surface area (Å²) in [6.07, 6.45) is 0.189. The molecule has 1 amide bonds. The lowest BCUT2D eigenvalue weighted by Crippen LogP contribution is -2.11. The van der Waals surface area contributed by atoms with Crippen LogP contribution in [0.3, 0.4) is 0 Å². The minimum absolute atomic E-state index is 0.124. The number of hydrogen-bond acceptors (Lipinski definition) is 3. The topological polar surface area (TPSA) is 55.4 Å². The zero-order valence-corrected chi connectivity index (χ0v) is 12.1. The molecule has 0 aliphatic carbocycles. The van der Waals surface area contributed by atoms with E-state index in [-0.39, 0.29) is 18.3 Å². The van der Waals surface area contributed by atoms with Crippen molar-refractivity contribution in [3.63, 3.8) is 0 Å². The van der Waals surface area contributed by atoms with Crippen LogP contribution >= 0.6 is 0 Å². The molecule has 0 atom stereocenters. The SMILES string of the molecule is CC(=O)Nc1ccc(CC(=O)Oc2ccc(C)cc2)cc1. The molecule has 21 heavy (non-hydrogen) atoms. The van der Waals surface area contributed by atoms with Gasteiger partial charge in [-0.2, -0.15) is 0 Å². The van der Waals surface area contributed by atoms with Crippen LogP contribution in [-0.2, 0) is 16.0 Å². The summed E-state index contributed by atoms with van der Waals surface area (Å²) in [5.41, 5.74) is 2.66. The van der Waals surface area contributed by atoms with Gasteiger partial charge in [0, 0.05) is 12.6 Å². The summed E-state index contributed by atoms with van der Waals surface area (Å²) >= 11 is 0. The van der Waals surface area contributed by atoms with Crippen molar-refractivity contribution in [3.8, 4) is 5.75 Å². The third-order valence-electron chi connectivity index (χ3n) is 2.88. The summed E-state index contributed by atoms with van der Waals surface area (Å²) in [7, 11) is 0. The highest BCUT2D eigenvalue weighted by Crippen LogP contribution is 2.14. The Balaban J connectivity index is 1.93. The average molecular weight is 283 g/mol. The van der Waals surface area contributed by atoms with Crippen LogP contribution < -0.4 is 10.1 Å². The summed E-state index contributed by atoms with van der Waals surface area (Å²) in [6.45, 7) is 3.43. The molecule has 0 radical (unpaired) electrons. The first kappa shape index (κ1) is 14.8. The van der Waals surface area contributed by atoms with E-state index >= 15 is 0 Å². The Kier molecular flexibility index (Phi) is 4.72. The van der Waals surface area contributed by atoms with Gasteiger partial charge in [0.2, 0.25) is 5.91 Å². The fourth-order valence-corrected chi connectivity index (χ4v) is 1.85. The molecule has 0 aliphatic rings. The molecular weight excluding hydrogens is 266 g/mol. The molecule has 0 aromatic heterocycles. The molecule has 2 aromatic carbocycles. The summed E-state index contributed by atoms with van der Waals surface area (Å²) < 4.78 is 5.26. The second-order valence-electron chi connectivity index (χ2n) is 4.84. The molecule has 0 spiro atoms. The van der Waals surface area contributed by atoms with Crippen LogP contribution in [0.5, 0.6) is 5.75 Å². The summed E-state index contributed by atoms with van der Waals surface area (Å²) in [5, 5.41) is 2.68. The van der Waals surface area contributed by atoms with Gasteiger partial charge in [0.05, 0.1) is 6.42 Å². The smallest absolute Gasteiger partial charge is 0.315 e. The second kappa shape index (κ2) is 6.70. The van der Waals surface area contributed by atoms with Crippen LogP contribution in [0.15, 0.2) is 48.5 Å². The van der Waals surface area contributed by atoms with Gasteiger partial charge in [-0.1, -0.05) is 29.8 Å². The molecule has 1 N–H and O–H groups in total. The van der Waals surface area contributed by atoms with E-state index in [1.807, 2.05) is 19.1 Å². The number of anilines is 1. The van der Waals surface area contributed by atoms with Crippen molar-refractivity contribution >= 4 is 17.6 Å². The van der Waals surface area contributed by atoms with E-state index in [2.05, 4.69) is 5.32 Å². The standard InChI is InChI=1S/C17H17NO3/c1-12-3-9-16(10-4-12)21-17(20)11-14-5-7-15(8-6-14)18-13(2)19/h3-10H,11H2,1-2H3,(H,18,19). The number of carbonyl (C=O) groups excluding carboxylic acids is 2. The molecule has 0 bridgehead atoms. The molecule has 0 heterocycles. The predicted molar refractivity (Wildman–Crippen MR) is 81.3 cm³/mol. The lowest BCUT2D eigenvalue weighted by atomic mass is 10.1. The van der Waals surface area contributed by atoms with Crippen molar-refractivity contribution in [2.45, 2.75) is 20.3 Å². The van der Waals surface area contributed by atoms with Crippen molar-refractivity contribution in [1.29, 1.82) is 0 Å². The van der Waals surface area contributed by atoms with Gasteiger partial charge in [-0.25, -0.2) is 0 Å². The van der Waals surface area contributed by atoms with Crippen molar-refractivity contribution < 1.29 is 14.3 Å². The average Bonchev–Trinajstić information content (AvgIpc) is 2.43. The number of ether oxygens (including phenoxy) is 1. The first-order valence-corrected chi connectivity index (χ1v) is 6.67. The van der Waals surface area contributed by atoms with Gasteiger partial charge >= 0.3 is 5.97 Å². The van der Waals surface area contributed by atoms with Gasteiger partial charge in [0.15, 0.2) is 0 Å². The van der Waals surface area contributed by atoms with Gasteiger partial charge in [0.25, 0.3) is 0 Å². The highest BCUT2D eigenvalue weighted by Gasteiger charge is 2.06. The van der Waals surface area contributed by atoms with Crippen LogP contribution in [0.25, 0.3) is 0 Å². The largest absolute Gasteiger partial charge is 0.426 e. The lowest BCUT2D eigenvalue weighted by molar-refractivity contribution is -0.133. The summed E-state index contributed by atoms with van der Waals surface area (Å²) in [5.74, 6) is 0.105. The van der Waals surface area contributed by atoms with E-state index in [1.54, 1.807) is 36.4 Å². The Morgan fingerprint density at radius 1 is 1.00 bits per heavy atom. The number of aryl methyl sites for hydroxylation is 1. The highest BCUT2D eigenvalue weighted by molar-refractivity contribution is 5.88. The van der Waals surface area contributed by atoms with Crippen LogP contribution in [0.4, 0.5) is 5.69 Å². The maximum atomic E-state index is 11.8. The number of hydrogen-bond donors (Lipinski definition) is 1. The fraction of sp³-hybridized carbons (Fsp3) is 0.176. The second-order valence-corrected chi connectivity index (χ2v) is 4.84. The Labute approximate surface area is 123 Å². The Morgan fingerprint density at radius 2 is 1.62 bits per heavy atom. The third kappa shape index (κ3) is 4.76. The first-order chi connectivity index (χ1) is 10.0. The molecule has 0 fully saturated rings. The summed E-state index contributed by atoms with van der Waals surface area (Å²) in [4.78, 5) is 22.8. The quantitative estimate of drug-likeness (QED) is 0.693. The van der Waals surface area contributed by atoms with E-state index < -0.39 is 0 Å². The van der Waals surface area contributed by atoms with E-state index in [4.69, 9.17) is 4.74 Å². The monoisotopic (exact) mass is 283 g/mol. The number of nitrogens with one attached hydrogen (secondary N) is 1. The molecule has 0 unspecified atom stereocenters. The molecular formula is C17H17NO3. The fourth-order valence-electron chi connectivity index (χ4n) is 1.85. The maximum Gasteiger partial charge on any atom is 0.315 e. The molecule has 4 heteroatoms. The number of rotatable bonds is 4. The third-order valence-corrected chi connectivity index (χ3v) is 2.88. The van der Waals surface area contributed by atoms with E-state index in [1.165, 1.54) is 6.92 Å². The Bertz CT molecular complexity index is 630. The van der Waals surface area contributed by atoms with Gasteiger partial charge in [-0.15, -0.1) is 0 Å². The highest BCUT2D eigenvalue weighted by atomic mass is 16.5. The first-order valence-electron chi connectivity index (χ1n) is 6.67. The van der Waals surface area contributed by atoms with E-state index in [9.17, 15) is 9.59 Å². The van der Waals surface area contributed by atoms with Gasteiger partial charge < -0.3 is 10.1 Å². The lowest BCUT2D eigenvalue weighted by Gasteiger charge is -2.06. The molecule has 2 rings (SSSR count). The molecule has 2 aromatic rings. The Morgan fingerprint density at radius 3 is 2.19 bits per heavy atom. The van der Waals surface area contributed by atoms with Crippen LogP contribution in [-0.4, -0.2) is 11.9 Å². The zero-order valence-electron chi connectivity index (χ0n) is 12.1. The van der Waals surface area contributed by atoms with Gasteiger partial charge in [-0.3, -0.25) is 9.59 Å². The molecule has 0 saturated carbocycles. The zero-order chi connectivity index (χ0) is 15.2.